The lowest BCUT2D eigenvalue weighted by Crippen LogP contribution is -2.23. The number of hydrogen-bond acceptors (Lipinski definition) is 3. The summed E-state index contributed by atoms with van der Waals surface area (Å²) in [5.74, 6) is -0.386. The van der Waals surface area contributed by atoms with Crippen LogP contribution >= 0.6 is 0 Å². The third-order valence-corrected chi connectivity index (χ3v) is 2.01. The summed E-state index contributed by atoms with van der Waals surface area (Å²) in [4.78, 5) is 0. The summed E-state index contributed by atoms with van der Waals surface area (Å²) >= 11 is 0. The minimum absolute atomic E-state index is 0.242. The molecule has 72 valence electrons. The van der Waals surface area contributed by atoms with Crippen LogP contribution in [0.5, 0.6) is 0 Å². The van der Waals surface area contributed by atoms with E-state index in [-0.39, 0.29) is 17.9 Å². The fourth-order valence-electron chi connectivity index (χ4n) is 1.35. The minimum Gasteiger partial charge on any atom is -0.348 e. The Morgan fingerprint density at radius 3 is 2.67 bits per heavy atom. The van der Waals surface area contributed by atoms with Crippen molar-refractivity contribution in [1.82, 2.24) is 0 Å². The third-order valence-electron chi connectivity index (χ3n) is 2.01. The second kappa shape index (κ2) is 3.73. The fraction of sp³-hybridized carbons (Fsp3) is 1.00. The van der Waals surface area contributed by atoms with E-state index in [1.807, 2.05) is 20.8 Å². The predicted octanol–water partition coefficient (Wildman–Crippen LogP) is 1.27. The molecule has 1 rings (SSSR count). The van der Waals surface area contributed by atoms with Crippen molar-refractivity contribution in [2.75, 3.05) is 6.61 Å². The van der Waals surface area contributed by atoms with E-state index in [0.29, 0.717) is 6.61 Å². The third kappa shape index (κ3) is 3.09. The zero-order chi connectivity index (χ0) is 9.19. The lowest BCUT2D eigenvalue weighted by molar-refractivity contribution is -0.139. The summed E-state index contributed by atoms with van der Waals surface area (Å²) in [6.07, 6.45) is 2.25. The van der Waals surface area contributed by atoms with E-state index in [1.165, 1.54) is 0 Å². The molecule has 2 unspecified atom stereocenters. The number of ether oxygens (including phenoxy) is 2. The first-order valence-corrected chi connectivity index (χ1v) is 4.57. The van der Waals surface area contributed by atoms with Crippen LogP contribution in [-0.4, -0.2) is 24.5 Å². The highest BCUT2D eigenvalue weighted by Crippen LogP contribution is 2.24. The zero-order valence-corrected chi connectivity index (χ0v) is 8.17. The van der Waals surface area contributed by atoms with Crippen LogP contribution in [-0.2, 0) is 9.47 Å². The molecule has 3 heteroatoms. The fourth-order valence-corrected chi connectivity index (χ4v) is 1.35. The molecule has 0 saturated carbocycles. The van der Waals surface area contributed by atoms with Gasteiger partial charge in [0, 0.05) is 6.04 Å². The Morgan fingerprint density at radius 1 is 1.58 bits per heavy atom. The normalized spacial score (nSPS) is 30.5. The van der Waals surface area contributed by atoms with Crippen LogP contribution in [0.2, 0.25) is 0 Å². The van der Waals surface area contributed by atoms with Crippen LogP contribution in [0.3, 0.4) is 0 Å². The molecule has 1 fully saturated rings. The highest BCUT2D eigenvalue weighted by atomic mass is 16.7. The van der Waals surface area contributed by atoms with E-state index in [0.717, 1.165) is 12.8 Å². The summed E-state index contributed by atoms with van der Waals surface area (Å²) in [5.41, 5.74) is 5.64. The lowest BCUT2D eigenvalue weighted by atomic mass is 10.1. The number of rotatable bonds is 3. The van der Waals surface area contributed by atoms with E-state index < -0.39 is 0 Å². The summed E-state index contributed by atoms with van der Waals surface area (Å²) in [5, 5.41) is 0. The van der Waals surface area contributed by atoms with Crippen LogP contribution in [0.15, 0.2) is 0 Å². The smallest absolute Gasteiger partial charge is 0.163 e. The van der Waals surface area contributed by atoms with Gasteiger partial charge in [0.25, 0.3) is 0 Å². The van der Waals surface area contributed by atoms with Gasteiger partial charge in [-0.2, -0.15) is 0 Å². The highest BCUT2D eigenvalue weighted by molar-refractivity contribution is 4.71. The van der Waals surface area contributed by atoms with Gasteiger partial charge in [0.2, 0.25) is 0 Å². The molecule has 0 aromatic rings. The lowest BCUT2D eigenvalue weighted by Gasteiger charge is -2.17. The van der Waals surface area contributed by atoms with Gasteiger partial charge < -0.3 is 15.2 Å². The van der Waals surface area contributed by atoms with Crippen LogP contribution < -0.4 is 5.73 Å². The molecular weight excluding hydrogens is 154 g/mol. The van der Waals surface area contributed by atoms with Crippen molar-refractivity contribution in [3.05, 3.63) is 0 Å². The summed E-state index contributed by atoms with van der Waals surface area (Å²) < 4.78 is 11.0. The Kier molecular flexibility index (Phi) is 3.09. The second-order valence-electron chi connectivity index (χ2n) is 4.01. The summed E-state index contributed by atoms with van der Waals surface area (Å²) in [6.45, 7) is 6.61. The van der Waals surface area contributed by atoms with Crippen molar-refractivity contribution in [3.8, 4) is 0 Å². The molecule has 2 atom stereocenters. The predicted molar refractivity (Wildman–Crippen MR) is 47.8 cm³/mol. The highest BCUT2D eigenvalue weighted by Gasteiger charge is 2.32. The van der Waals surface area contributed by atoms with Crippen LogP contribution in [0.1, 0.15) is 33.6 Å². The SMILES string of the molecule is CC(N)CCC1COC(C)(C)O1. The van der Waals surface area contributed by atoms with Crippen LogP contribution in [0, 0.1) is 0 Å². The van der Waals surface area contributed by atoms with E-state index in [4.69, 9.17) is 15.2 Å². The summed E-state index contributed by atoms with van der Waals surface area (Å²) in [6, 6.07) is 0.261. The molecule has 3 nitrogen and oxygen atoms in total. The Labute approximate surface area is 74.2 Å². The molecule has 0 aliphatic carbocycles. The van der Waals surface area contributed by atoms with Gasteiger partial charge in [-0.25, -0.2) is 0 Å². The van der Waals surface area contributed by atoms with E-state index in [9.17, 15) is 0 Å². The quantitative estimate of drug-likeness (QED) is 0.699. The van der Waals surface area contributed by atoms with Gasteiger partial charge in [0.15, 0.2) is 5.79 Å². The van der Waals surface area contributed by atoms with Gasteiger partial charge >= 0.3 is 0 Å². The average Bonchev–Trinajstić information content (AvgIpc) is 2.26. The molecule has 0 spiro atoms. The first-order chi connectivity index (χ1) is 5.49. The molecular formula is C9H19NO2. The number of hydrogen-bond donors (Lipinski definition) is 1. The molecule has 0 aromatic heterocycles. The molecule has 0 radical (unpaired) electrons. The number of nitrogens with two attached hydrogens (primary N) is 1. The van der Waals surface area contributed by atoms with Crippen molar-refractivity contribution in [3.63, 3.8) is 0 Å². The van der Waals surface area contributed by atoms with Gasteiger partial charge in [-0.1, -0.05) is 0 Å². The van der Waals surface area contributed by atoms with Gasteiger partial charge in [-0.3, -0.25) is 0 Å². The van der Waals surface area contributed by atoms with E-state index >= 15 is 0 Å². The van der Waals surface area contributed by atoms with E-state index in [2.05, 4.69) is 0 Å². The Bertz CT molecular complexity index is 145. The molecule has 0 amide bonds. The first-order valence-electron chi connectivity index (χ1n) is 4.57. The average molecular weight is 173 g/mol. The van der Waals surface area contributed by atoms with Gasteiger partial charge in [-0.05, 0) is 33.6 Å². The Balaban J connectivity index is 2.20. The molecule has 2 N–H and O–H groups in total. The topological polar surface area (TPSA) is 44.5 Å². The van der Waals surface area contributed by atoms with Crippen LogP contribution in [0.25, 0.3) is 0 Å². The van der Waals surface area contributed by atoms with Crippen LogP contribution in [0.4, 0.5) is 0 Å². The maximum Gasteiger partial charge on any atom is 0.163 e. The monoisotopic (exact) mass is 173 g/mol. The zero-order valence-electron chi connectivity index (χ0n) is 8.17. The minimum atomic E-state index is -0.386. The van der Waals surface area contributed by atoms with Crippen molar-refractivity contribution in [1.29, 1.82) is 0 Å². The molecule has 1 heterocycles. The van der Waals surface area contributed by atoms with E-state index in [1.54, 1.807) is 0 Å². The van der Waals surface area contributed by atoms with Crippen molar-refractivity contribution in [2.45, 2.75) is 51.5 Å². The summed E-state index contributed by atoms with van der Waals surface area (Å²) in [7, 11) is 0. The van der Waals surface area contributed by atoms with Gasteiger partial charge in [0.1, 0.15) is 0 Å². The Hall–Kier alpha value is -0.120. The maximum atomic E-state index is 5.64. The second-order valence-corrected chi connectivity index (χ2v) is 4.01. The van der Waals surface area contributed by atoms with Crippen molar-refractivity contribution < 1.29 is 9.47 Å². The molecule has 0 bridgehead atoms. The van der Waals surface area contributed by atoms with Crippen molar-refractivity contribution >= 4 is 0 Å². The van der Waals surface area contributed by atoms with Gasteiger partial charge in [0.05, 0.1) is 12.7 Å². The van der Waals surface area contributed by atoms with Gasteiger partial charge in [-0.15, -0.1) is 0 Å². The molecule has 1 aliphatic rings. The molecule has 0 aromatic carbocycles. The van der Waals surface area contributed by atoms with Crippen molar-refractivity contribution in [2.24, 2.45) is 5.73 Å². The first kappa shape index (κ1) is 9.96. The maximum absolute atomic E-state index is 5.64. The Morgan fingerprint density at radius 2 is 2.25 bits per heavy atom. The molecule has 12 heavy (non-hydrogen) atoms. The largest absolute Gasteiger partial charge is 0.348 e. The molecule has 1 saturated heterocycles. The molecule has 1 aliphatic heterocycles. The standard InChI is InChI=1S/C9H19NO2/c1-7(10)4-5-8-6-11-9(2,3)12-8/h7-8H,4-6,10H2,1-3H3.